The van der Waals surface area contributed by atoms with Crippen molar-refractivity contribution in [3.8, 4) is 0 Å². The minimum Gasteiger partial charge on any atom is -0.314 e. The van der Waals surface area contributed by atoms with Gasteiger partial charge in [-0.15, -0.1) is 12.4 Å². The molecule has 1 aliphatic rings. The molecule has 0 radical (unpaired) electrons. The molecule has 1 aliphatic heterocycles. The quantitative estimate of drug-likeness (QED) is 0.843. The maximum atomic E-state index is 4.34. The minimum absolute atomic E-state index is 0. The molecule has 1 aromatic heterocycles. The molecule has 0 amide bonds. The van der Waals surface area contributed by atoms with E-state index in [9.17, 15) is 0 Å². The molecule has 5 heteroatoms. The van der Waals surface area contributed by atoms with Crippen molar-refractivity contribution in [3.05, 3.63) is 18.0 Å². The number of nitrogens with one attached hydrogen (secondary N) is 1. The molecule has 2 heterocycles. The first-order valence-corrected chi connectivity index (χ1v) is 5.72. The number of hydrogen-bond donors (Lipinski definition) is 1. The van der Waals surface area contributed by atoms with Gasteiger partial charge in [0, 0.05) is 44.0 Å². The summed E-state index contributed by atoms with van der Waals surface area (Å²) in [5, 5.41) is 7.63. The molecule has 0 atom stereocenters. The number of hydrogen-bond acceptors (Lipinski definition) is 3. The highest BCUT2D eigenvalue weighted by Gasteiger charge is 2.21. The van der Waals surface area contributed by atoms with Gasteiger partial charge >= 0.3 is 0 Å². The van der Waals surface area contributed by atoms with Crippen molar-refractivity contribution in [1.82, 2.24) is 20.0 Å². The van der Waals surface area contributed by atoms with Gasteiger partial charge in [0.05, 0.1) is 6.20 Å². The molecule has 92 valence electrons. The molecule has 0 spiro atoms. The van der Waals surface area contributed by atoms with Crippen molar-refractivity contribution < 1.29 is 0 Å². The van der Waals surface area contributed by atoms with E-state index in [0.717, 1.165) is 32.6 Å². The predicted molar refractivity (Wildman–Crippen MR) is 67.9 cm³/mol. The first-order chi connectivity index (χ1) is 7.29. The van der Waals surface area contributed by atoms with Gasteiger partial charge in [-0.1, -0.05) is 6.92 Å². The summed E-state index contributed by atoms with van der Waals surface area (Å²) in [6, 6.07) is 0.708. The molecule has 1 N–H and O–H groups in total. The fourth-order valence-corrected chi connectivity index (χ4v) is 1.84. The second-order valence-electron chi connectivity index (χ2n) is 4.34. The summed E-state index contributed by atoms with van der Waals surface area (Å²) in [6.45, 7) is 6.46. The van der Waals surface area contributed by atoms with Gasteiger partial charge in [0.1, 0.15) is 0 Å². The van der Waals surface area contributed by atoms with Crippen LogP contribution in [0.2, 0.25) is 0 Å². The van der Waals surface area contributed by atoms with Gasteiger partial charge in [0.25, 0.3) is 0 Å². The summed E-state index contributed by atoms with van der Waals surface area (Å²) < 4.78 is 2.03. The molecule has 1 fully saturated rings. The molecular weight excluding hydrogens is 224 g/mol. The van der Waals surface area contributed by atoms with Crippen molar-refractivity contribution >= 4 is 12.4 Å². The molecular formula is C11H21ClN4. The average Bonchev–Trinajstić information content (AvgIpc) is 2.49. The van der Waals surface area contributed by atoms with Crippen molar-refractivity contribution in [3.63, 3.8) is 0 Å². The van der Waals surface area contributed by atoms with Crippen LogP contribution in [0.3, 0.4) is 0 Å². The maximum Gasteiger partial charge on any atom is 0.0534 e. The summed E-state index contributed by atoms with van der Waals surface area (Å²) in [5.41, 5.74) is 1.32. The Labute approximate surface area is 103 Å². The van der Waals surface area contributed by atoms with Crippen LogP contribution in [-0.2, 0) is 13.1 Å². The van der Waals surface area contributed by atoms with Crippen molar-refractivity contribution in [1.29, 1.82) is 0 Å². The Kier molecular flexibility index (Phi) is 5.25. The lowest BCUT2D eigenvalue weighted by Gasteiger charge is -2.35. The van der Waals surface area contributed by atoms with Crippen LogP contribution in [0.15, 0.2) is 12.4 Å². The van der Waals surface area contributed by atoms with Gasteiger partial charge in [-0.2, -0.15) is 5.10 Å². The third kappa shape index (κ3) is 3.20. The van der Waals surface area contributed by atoms with E-state index in [1.165, 1.54) is 5.56 Å². The first-order valence-electron chi connectivity index (χ1n) is 5.72. The number of halogens is 1. The lowest BCUT2D eigenvalue weighted by Crippen LogP contribution is -2.55. The zero-order valence-corrected chi connectivity index (χ0v) is 10.8. The SMILES string of the molecule is CCCn1cc(CN(C)C2CNC2)cn1.Cl. The average molecular weight is 245 g/mol. The summed E-state index contributed by atoms with van der Waals surface area (Å²) in [4.78, 5) is 2.39. The fourth-order valence-electron chi connectivity index (χ4n) is 1.84. The van der Waals surface area contributed by atoms with Crippen LogP contribution in [-0.4, -0.2) is 40.9 Å². The zero-order chi connectivity index (χ0) is 10.7. The summed E-state index contributed by atoms with van der Waals surface area (Å²) in [6.07, 6.45) is 5.29. The summed E-state index contributed by atoms with van der Waals surface area (Å²) in [7, 11) is 2.18. The number of aromatic nitrogens is 2. The minimum atomic E-state index is 0. The topological polar surface area (TPSA) is 33.1 Å². The van der Waals surface area contributed by atoms with E-state index in [1.807, 2.05) is 10.9 Å². The third-order valence-corrected chi connectivity index (χ3v) is 2.95. The molecule has 0 aliphatic carbocycles. The van der Waals surface area contributed by atoms with Crippen molar-refractivity contribution in [2.45, 2.75) is 32.5 Å². The Morgan fingerprint density at radius 3 is 2.88 bits per heavy atom. The predicted octanol–water partition coefficient (Wildman–Crippen LogP) is 1.12. The van der Waals surface area contributed by atoms with Gasteiger partial charge in [0.2, 0.25) is 0 Å². The molecule has 2 rings (SSSR count). The van der Waals surface area contributed by atoms with E-state index in [2.05, 4.69) is 35.5 Å². The Hall–Kier alpha value is -0.580. The highest BCUT2D eigenvalue weighted by molar-refractivity contribution is 5.85. The zero-order valence-electron chi connectivity index (χ0n) is 10.0. The van der Waals surface area contributed by atoms with Gasteiger partial charge in [0.15, 0.2) is 0 Å². The largest absolute Gasteiger partial charge is 0.314 e. The van der Waals surface area contributed by atoms with E-state index in [1.54, 1.807) is 0 Å². The van der Waals surface area contributed by atoms with Crippen LogP contribution in [0.4, 0.5) is 0 Å². The monoisotopic (exact) mass is 244 g/mol. The van der Waals surface area contributed by atoms with E-state index in [4.69, 9.17) is 0 Å². The van der Waals surface area contributed by atoms with Gasteiger partial charge < -0.3 is 5.32 Å². The highest BCUT2D eigenvalue weighted by Crippen LogP contribution is 2.08. The Morgan fingerprint density at radius 1 is 1.56 bits per heavy atom. The van der Waals surface area contributed by atoms with Crippen LogP contribution in [0.5, 0.6) is 0 Å². The number of aryl methyl sites for hydroxylation is 1. The number of rotatable bonds is 5. The van der Waals surface area contributed by atoms with Crippen molar-refractivity contribution in [2.24, 2.45) is 0 Å². The van der Waals surface area contributed by atoms with Crippen LogP contribution in [0, 0.1) is 0 Å². The van der Waals surface area contributed by atoms with E-state index < -0.39 is 0 Å². The second kappa shape index (κ2) is 6.23. The molecule has 4 nitrogen and oxygen atoms in total. The van der Waals surface area contributed by atoms with E-state index >= 15 is 0 Å². The van der Waals surface area contributed by atoms with Gasteiger partial charge in [-0.25, -0.2) is 0 Å². The van der Waals surface area contributed by atoms with Crippen LogP contribution < -0.4 is 5.32 Å². The lowest BCUT2D eigenvalue weighted by molar-refractivity contribution is 0.173. The molecule has 16 heavy (non-hydrogen) atoms. The first kappa shape index (κ1) is 13.5. The highest BCUT2D eigenvalue weighted by atomic mass is 35.5. The summed E-state index contributed by atoms with van der Waals surface area (Å²) in [5.74, 6) is 0. The second-order valence-corrected chi connectivity index (χ2v) is 4.34. The molecule has 0 aromatic carbocycles. The normalized spacial score (nSPS) is 15.9. The fraction of sp³-hybridized carbons (Fsp3) is 0.727. The molecule has 0 bridgehead atoms. The molecule has 1 saturated heterocycles. The maximum absolute atomic E-state index is 4.34. The smallest absolute Gasteiger partial charge is 0.0534 e. The van der Waals surface area contributed by atoms with Gasteiger partial charge in [-0.3, -0.25) is 9.58 Å². The Morgan fingerprint density at radius 2 is 2.31 bits per heavy atom. The Balaban J connectivity index is 0.00000128. The van der Waals surface area contributed by atoms with Crippen LogP contribution in [0.25, 0.3) is 0 Å². The number of likely N-dealkylation sites (N-methyl/N-ethyl adjacent to an activating group) is 1. The van der Waals surface area contributed by atoms with Gasteiger partial charge in [-0.05, 0) is 13.5 Å². The lowest BCUT2D eigenvalue weighted by atomic mass is 10.1. The summed E-state index contributed by atoms with van der Waals surface area (Å²) >= 11 is 0. The molecule has 0 unspecified atom stereocenters. The van der Waals surface area contributed by atoms with Crippen LogP contribution in [0.1, 0.15) is 18.9 Å². The van der Waals surface area contributed by atoms with Crippen molar-refractivity contribution in [2.75, 3.05) is 20.1 Å². The third-order valence-electron chi connectivity index (χ3n) is 2.95. The Bertz CT molecular complexity index is 309. The molecule has 0 saturated carbocycles. The number of nitrogens with zero attached hydrogens (tertiary/aromatic N) is 3. The van der Waals surface area contributed by atoms with Crippen LogP contribution >= 0.6 is 12.4 Å². The molecule has 1 aromatic rings. The van der Waals surface area contributed by atoms with E-state index in [0.29, 0.717) is 6.04 Å². The standard InChI is InChI=1S/C11H20N4.ClH/c1-3-4-15-9-10(5-13-15)8-14(2)11-6-12-7-11;/h5,9,11-12H,3-4,6-8H2,1-2H3;1H. The van der Waals surface area contributed by atoms with E-state index in [-0.39, 0.29) is 12.4 Å².